The minimum Gasteiger partial charge on any atom is -0.352 e. The molecule has 0 radical (unpaired) electrons. The van der Waals surface area contributed by atoms with Crippen LogP contribution in [0, 0.1) is 0 Å². The van der Waals surface area contributed by atoms with E-state index in [-0.39, 0.29) is 6.04 Å². The molecule has 0 unspecified atom stereocenters. The van der Waals surface area contributed by atoms with Crippen molar-refractivity contribution in [1.29, 1.82) is 0 Å². The second kappa shape index (κ2) is 5.82. The minimum atomic E-state index is -0.0168. The normalized spacial score (nSPS) is 19.6. The van der Waals surface area contributed by atoms with Crippen LogP contribution in [0.1, 0.15) is 29.2 Å². The highest BCUT2D eigenvalue weighted by molar-refractivity contribution is 7.80. The molecule has 2 aromatic carbocycles. The summed E-state index contributed by atoms with van der Waals surface area (Å²) in [6.45, 7) is 0. The van der Waals surface area contributed by atoms with Crippen molar-refractivity contribution in [1.82, 2.24) is 10.6 Å². The monoisotopic (exact) mass is 360 g/mol. The number of hydrogen-bond donors (Lipinski definition) is 2. The maximum Gasteiger partial charge on any atom is 0.171 e. The number of nitrogens with one attached hydrogen (secondary N) is 2. The number of thiocarbonyl (C=S) groups is 1. The van der Waals surface area contributed by atoms with E-state index in [1.165, 1.54) is 16.7 Å². The highest BCUT2D eigenvalue weighted by Gasteiger charge is 2.31. The van der Waals surface area contributed by atoms with Gasteiger partial charge in [0.15, 0.2) is 5.11 Å². The number of halogens is 2. The zero-order valence-electron chi connectivity index (χ0n) is 12.2. The van der Waals surface area contributed by atoms with E-state index < -0.39 is 0 Å². The fourth-order valence-corrected chi connectivity index (χ4v) is 4.09. The van der Waals surface area contributed by atoms with E-state index in [1.54, 1.807) is 6.07 Å². The zero-order valence-corrected chi connectivity index (χ0v) is 14.5. The molecule has 0 bridgehead atoms. The molecule has 1 aliphatic heterocycles. The van der Waals surface area contributed by atoms with Crippen molar-refractivity contribution in [2.24, 2.45) is 0 Å². The molecule has 116 valence electrons. The third-order valence-electron chi connectivity index (χ3n) is 4.41. The van der Waals surface area contributed by atoms with Crippen LogP contribution in [0.25, 0.3) is 5.70 Å². The molecule has 0 amide bonds. The quantitative estimate of drug-likeness (QED) is 0.709. The number of benzene rings is 2. The van der Waals surface area contributed by atoms with Gasteiger partial charge in [-0.2, -0.15) is 0 Å². The Labute approximate surface area is 150 Å². The molecule has 0 saturated heterocycles. The first-order chi connectivity index (χ1) is 11.1. The van der Waals surface area contributed by atoms with Crippen molar-refractivity contribution in [2.75, 3.05) is 0 Å². The van der Waals surface area contributed by atoms with Gasteiger partial charge < -0.3 is 10.6 Å². The van der Waals surface area contributed by atoms with E-state index in [0.717, 1.165) is 24.1 Å². The molecule has 2 nitrogen and oxygen atoms in total. The molecule has 0 aromatic heterocycles. The van der Waals surface area contributed by atoms with Gasteiger partial charge in [0.25, 0.3) is 0 Å². The maximum absolute atomic E-state index is 6.43. The highest BCUT2D eigenvalue weighted by Crippen LogP contribution is 2.40. The average Bonchev–Trinajstić information content (AvgIpc) is 2.54. The van der Waals surface area contributed by atoms with Crippen molar-refractivity contribution in [3.63, 3.8) is 0 Å². The van der Waals surface area contributed by atoms with Crippen LogP contribution in [0.15, 0.2) is 48.0 Å². The standard InChI is InChI=1S/C18H14Cl2N2S/c19-11-6-8-13(15(20)9-11)17-14-7-5-10-3-1-2-4-12(10)16(14)21-18(23)22-17/h1-4,6,8-9,17H,5,7H2,(H2,21,22,23)/t17-/m1/s1. The Bertz CT molecular complexity index is 845. The van der Waals surface area contributed by atoms with Gasteiger partial charge >= 0.3 is 0 Å². The fraction of sp³-hybridized carbons (Fsp3) is 0.167. The summed E-state index contributed by atoms with van der Waals surface area (Å²) in [6.07, 6.45) is 1.99. The van der Waals surface area contributed by atoms with Crippen LogP contribution in [-0.2, 0) is 6.42 Å². The van der Waals surface area contributed by atoms with Gasteiger partial charge in [-0.25, -0.2) is 0 Å². The van der Waals surface area contributed by atoms with Gasteiger partial charge in [0.2, 0.25) is 0 Å². The van der Waals surface area contributed by atoms with Gasteiger partial charge in [-0.05, 0) is 53.9 Å². The molecule has 2 aliphatic rings. The van der Waals surface area contributed by atoms with Crippen molar-refractivity contribution in [3.05, 3.63) is 74.8 Å². The second-order valence-corrected chi connectivity index (χ2v) is 7.01. The van der Waals surface area contributed by atoms with Gasteiger partial charge in [0, 0.05) is 21.3 Å². The molecule has 0 fully saturated rings. The summed E-state index contributed by atoms with van der Waals surface area (Å²) in [5.41, 5.74) is 6.00. The summed E-state index contributed by atoms with van der Waals surface area (Å²) in [5, 5.41) is 8.61. The molecule has 2 N–H and O–H groups in total. The van der Waals surface area contributed by atoms with Crippen molar-refractivity contribution in [3.8, 4) is 0 Å². The topological polar surface area (TPSA) is 24.1 Å². The molecular formula is C18H14Cl2N2S. The molecule has 0 saturated carbocycles. The van der Waals surface area contributed by atoms with Crippen LogP contribution in [0.3, 0.4) is 0 Å². The largest absolute Gasteiger partial charge is 0.352 e. The summed E-state index contributed by atoms with van der Waals surface area (Å²) in [4.78, 5) is 0. The Morgan fingerprint density at radius 2 is 1.87 bits per heavy atom. The molecule has 23 heavy (non-hydrogen) atoms. The van der Waals surface area contributed by atoms with Gasteiger partial charge in [0.05, 0.1) is 6.04 Å². The van der Waals surface area contributed by atoms with Crippen LogP contribution in [0.2, 0.25) is 10.0 Å². The molecular weight excluding hydrogens is 347 g/mol. The van der Waals surface area contributed by atoms with E-state index in [9.17, 15) is 0 Å². The number of fused-ring (bicyclic) bond motifs is 2. The van der Waals surface area contributed by atoms with E-state index in [1.807, 2.05) is 12.1 Å². The van der Waals surface area contributed by atoms with Crippen molar-refractivity contribution in [2.45, 2.75) is 18.9 Å². The van der Waals surface area contributed by atoms with Gasteiger partial charge in [-0.1, -0.05) is 53.5 Å². The number of hydrogen-bond acceptors (Lipinski definition) is 1. The second-order valence-electron chi connectivity index (χ2n) is 5.75. The summed E-state index contributed by atoms with van der Waals surface area (Å²) in [7, 11) is 0. The lowest BCUT2D eigenvalue weighted by atomic mass is 9.83. The lowest BCUT2D eigenvalue weighted by Gasteiger charge is -2.36. The van der Waals surface area contributed by atoms with Crippen LogP contribution in [0.5, 0.6) is 0 Å². The lowest BCUT2D eigenvalue weighted by molar-refractivity contribution is 0.667. The van der Waals surface area contributed by atoms with E-state index in [0.29, 0.717) is 15.2 Å². The third-order valence-corrected chi connectivity index (χ3v) is 5.19. The fourth-order valence-electron chi connectivity index (χ4n) is 3.35. The number of aryl methyl sites for hydroxylation is 1. The van der Waals surface area contributed by atoms with Crippen LogP contribution < -0.4 is 10.6 Å². The Kier molecular flexibility index (Phi) is 3.80. The first kappa shape index (κ1) is 15.0. The summed E-state index contributed by atoms with van der Waals surface area (Å²) < 4.78 is 0. The van der Waals surface area contributed by atoms with Crippen LogP contribution in [0.4, 0.5) is 0 Å². The van der Waals surface area contributed by atoms with Crippen LogP contribution >= 0.6 is 35.4 Å². The van der Waals surface area contributed by atoms with Crippen LogP contribution in [-0.4, -0.2) is 5.11 Å². The third kappa shape index (κ3) is 2.63. The molecule has 1 aliphatic carbocycles. The summed E-state index contributed by atoms with van der Waals surface area (Å²) in [6, 6.07) is 14.1. The van der Waals surface area contributed by atoms with Crippen molar-refractivity contribution >= 4 is 46.2 Å². The number of rotatable bonds is 1. The Morgan fingerprint density at radius 1 is 1.04 bits per heavy atom. The predicted molar refractivity (Wildman–Crippen MR) is 99.8 cm³/mol. The summed E-state index contributed by atoms with van der Waals surface area (Å²) in [5.74, 6) is 0. The lowest BCUT2D eigenvalue weighted by Crippen LogP contribution is -2.44. The van der Waals surface area contributed by atoms with E-state index >= 15 is 0 Å². The molecule has 2 aromatic rings. The molecule has 0 spiro atoms. The van der Waals surface area contributed by atoms with Gasteiger partial charge in [-0.15, -0.1) is 0 Å². The van der Waals surface area contributed by atoms with Crippen molar-refractivity contribution < 1.29 is 0 Å². The first-order valence-electron chi connectivity index (χ1n) is 7.47. The Hall–Kier alpha value is -1.55. The molecule has 1 atom stereocenters. The zero-order chi connectivity index (χ0) is 16.0. The predicted octanol–water partition coefficient (Wildman–Crippen LogP) is 4.87. The minimum absolute atomic E-state index is 0.0168. The smallest absolute Gasteiger partial charge is 0.171 e. The Balaban J connectivity index is 1.87. The molecule has 5 heteroatoms. The van der Waals surface area contributed by atoms with Gasteiger partial charge in [-0.3, -0.25) is 0 Å². The highest BCUT2D eigenvalue weighted by atomic mass is 35.5. The molecule has 4 rings (SSSR count). The first-order valence-corrected chi connectivity index (χ1v) is 8.63. The van der Waals surface area contributed by atoms with Gasteiger partial charge in [0.1, 0.15) is 0 Å². The van der Waals surface area contributed by atoms with E-state index in [2.05, 4.69) is 34.9 Å². The SMILES string of the molecule is S=C1NC2=C(CCc3ccccc32)[C@@H](c2ccc(Cl)cc2Cl)N1. The Morgan fingerprint density at radius 3 is 2.70 bits per heavy atom. The molecule has 1 heterocycles. The summed E-state index contributed by atoms with van der Waals surface area (Å²) >= 11 is 17.9. The maximum atomic E-state index is 6.43. The average molecular weight is 361 g/mol. The van der Waals surface area contributed by atoms with E-state index in [4.69, 9.17) is 35.4 Å².